The molecule has 14 heavy (non-hydrogen) atoms. The number of amides is 2. The number of hydrogen-bond acceptors (Lipinski definition) is 4. The van der Waals surface area contributed by atoms with Crippen LogP contribution in [0.15, 0.2) is 0 Å². The molecular formula is C8H15N3O2S. The number of rotatable bonds is 2. The number of hydrogen-bond donors (Lipinski definition) is 3. The highest BCUT2D eigenvalue weighted by atomic mass is 32.2. The maximum Gasteiger partial charge on any atom is 0.323 e. The molecule has 0 saturated carbocycles. The second-order valence-electron chi connectivity index (χ2n) is 3.56. The summed E-state index contributed by atoms with van der Waals surface area (Å²) in [5, 5.41) is 2.56. The molecule has 0 aromatic rings. The zero-order valence-corrected chi connectivity index (χ0v) is 8.95. The molecule has 1 saturated heterocycles. The Morgan fingerprint density at radius 2 is 2.21 bits per heavy atom. The molecule has 1 aliphatic heterocycles. The monoisotopic (exact) mass is 217 g/mol. The minimum atomic E-state index is -0.795. The lowest BCUT2D eigenvalue weighted by atomic mass is 10.1. The highest BCUT2D eigenvalue weighted by Crippen LogP contribution is 2.36. The fraction of sp³-hybridized carbons (Fsp3) is 0.750. The first kappa shape index (κ1) is 11.3. The molecule has 0 aliphatic carbocycles. The predicted octanol–water partition coefficient (Wildman–Crippen LogP) is -0.622. The first-order valence-corrected chi connectivity index (χ1v) is 5.49. The van der Waals surface area contributed by atoms with Gasteiger partial charge in [0.2, 0.25) is 0 Å². The second kappa shape index (κ2) is 4.65. The first-order valence-electron chi connectivity index (χ1n) is 4.50. The van der Waals surface area contributed by atoms with Gasteiger partial charge in [0.15, 0.2) is 0 Å². The van der Waals surface area contributed by atoms with Crippen LogP contribution in [0.2, 0.25) is 0 Å². The van der Waals surface area contributed by atoms with Crippen molar-refractivity contribution in [2.75, 3.05) is 12.3 Å². The molecule has 1 aliphatic rings. The van der Waals surface area contributed by atoms with E-state index in [4.69, 9.17) is 5.84 Å². The van der Waals surface area contributed by atoms with Gasteiger partial charge in [0.1, 0.15) is 0 Å². The molecule has 0 bridgehead atoms. The Balaban J connectivity index is 2.32. The SMILES string of the molecule is CC1(CNC(=O)C(=O)NN)CCCS1. The van der Waals surface area contributed by atoms with Crippen molar-refractivity contribution in [2.24, 2.45) is 5.84 Å². The molecule has 1 rings (SSSR count). The Kier molecular flexibility index (Phi) is 3.77. The third-order valence-corrected chi connectivity index (χ3v) is 3.80. The van der Waals surface area contributed by atoms with Crippen molar-refractivity contribution in [1.29, 1.82) is 0 Å². The van der Waals surface area contributed by atoms with Crippen molar-refractivity contribution >= 4 is 23.6 Å². The number of hydrazine groups is 1. The molecule has 80 valence electrons. The Bertz CT molecular complexity index is 239. The molecule has 0 radical (unpaired) electrons. The molecule has 0 aromatic heterocycles. The molecule has 1 unspecified atom stereocenters. The Morgan fingerprint density at radius 3 is 2.71 bits per heavy atom. The van der Waals surface area contributed by atoms with Crippen LogP contribution in [0.5, 0.6) is 0 Å². The van der Waals surface area contributed by atoms with Gasteiger partial charge in [0, 0.05) is 11.3 Å². The molecule has 6 heteroatoms. The van der Waals surface area contributed by atoms with Gasteiger partial charge in [-0.1, -0.05) is 0 Å². The zero-order valence-electron chi connectivity index (χ0n) is 8.13. The van der Waals surface area contributed by atoms with E-state index in [1.165, 1.54) is 6.42 Å². The van der Waals surface area contributed by atoms with Gasteiger partial charge < -0.3 is 5.32 Å². The number of nitrogens with two attached hydrogens (primary N) is 1. The smallest absolute Gasteiger partial charge is 0.323 e. The molecule has 4 N–H and O–H groups in total. The van der Waals surface area contributed by atoms with E-state index in [2.05, 4.69) is 12.2 Å². The van der Waals surface area contributed by atoms with Gasteiger partial charge in [-0.25, -0.2) is 5.84 Å². The number of nitrogens with one attached hydrogen (secondary N) is 2. The molecule has 1 heterocycles. The van der Waals surface area contributed by atoms with Crippen LogP contribution in [0, 0.1) is 0 Å². The van der Waals surface area contributed by atoms with Gasteiger partial charge in [0.25, 0.3) is 0 Å². The van der Waals surface area contributed by atoms with Crippen molar-refractivity contribution in [1.82, 2.24) is 10.7 Å². The standard InChI is InChI=1S/C8H15N3O2S/c1-8(3-2-4-14-8)5-10-6(12)7(13)11-9/h2-5,9H2,1H3,(H,10,12)(H,11,13). The highest BCUT2D eigenvalue weighted by molar-refractivity contribution is 8.00. The van der Waals surface area contributed by atoms with Gasteiger partial charge in [-0.3, -0.25) is 15.0 Å². The minimum absolute atomic E-state index is 0.0739. The average molecular weight is 217 g/mol. The van der Waals surface area contributed by atoms with Crippen molar-refractivity contribution in [3.8, 4) is 0 Å². The van der Waals surface area contributed by atoms with Gasteiger partial charge in [-0.05, 0) is 25.5 Å². The zero-order chi connectivity index (χ0) is 10.6. The molecular weight excluding hydrogens is 202 g/mol. The van der Waals surface area contributed by atoms with Crippen LogP contribution in [-0.4, -0.2) is 28.9 Å². The summed E-state index contributed by atoms with van der Waals surface area (Å²) in [6.07, 6.45) is 2.24. The lowest BCUT2D eigenvalue weighted by Gasteiger charge is -2.22. The van der Waals surface area contributed by atoms with Crippen LogP contribution in [0.1, 0.15) is 19.8 Å². The van der Waals surface area contributed by atoms with E-state index in [9.17, 15) is 9.59 Å². The van der Waals surface area contributed by atoms with Crippen LogP contribution in [0.3, 0.4) is 0 Å². The molecule has 1 atom stereocenters. The van der Waals surface area contributed by atoms with Gasteiger partial charge >= 0.3 is 11.8 Å². The fourth-order valence-electron chi connectivity index (χ4n) is 1.39. The van der Waals surface area contributed by atoms with E-state index in [0.717, 1.165) is 12.2 Å². The third kappa shape index (κ3) is 2.88. The Hall–Kier alpha value is -0.750. The van der Waals surface area contributed by atoms with Crippen LogP contribution < -0.4 is 16.6 Å². The average Bonchev–Trinajstić information content (AvgIpc) is 2.61. The number of carbonyl (C=O) groups excluding carboxylic acids is 2. The predicted molar refractivity (Wildman–Crippen MR) is 55.4 cm³/mol. The summed E-state index contributed by atoms with van der Waals surface area (Å²) in [6, 6.07) is 0. The molecule has 2 amide bonds. The summed E-state index contributed by atoms with van der Waals surface area (Å²) in [6.45, 7) is 2.61. The lowest BCUT2D eigenvalue weighted by Crippen LogP contribution is -2.46. The summed E-state index contributed by atoms with van der Waals surface area (Å²) in [5.74, 6) is 4.48. The molecule has 0 aromatic carbocycles. The topological polar surface area (TPSA) is 84.2 Å². The largest absolute Gasteiger partial charge is 0.346 e. The van der Waals surface area contributed by atoms with Crippen LogP contribution in [0.4, 0.5) is 0 Å². The summed E-state index contributed by atoms with van der Waals surface area (Å²) in [5.41, 5.74) is 1.79. The van der Waals surface area contributed by atoms with E-state index in [1.807, 2.05) is 11.8 Å². The van der Waals surface area contributed by atoms with Gasteiger partial charge in [0.05, 0.1) is 0 Å². The molecule has 5 nitrogen and oxygen atoms in total. The van der Waals surface area contributed by atoms with E-state index >= 15 is 0 Å². The summed E-state index contributed by atoms with van der Waals surface area (Å²) < 4.78 is 0.0739. The van der Waals surface area contributed by atoms with Crippen molar-refractivity contribution in [3.05, 3.63) is 0 Å². The molecule has 1 fully saturated rings. The third-order valence-electron chi connectivity index (χ3n) is 2.26. The van der Waals surface area contributed by atoms with E-state index in [0.29, 0.717) is 6.54 Å². The number of carbonyl (C=O) groups is 2. The minimum Gasteiger partial charge on any atom is -0.346 e. The summed E-state index contributed by atoms with van der Waals surface area (Å²) in [4.78, 5) is 21.8. The maximum absolute atomic E-state index is 11.1. The summed E-state index contributed by atoms with van der Waals surface area (Å²) >= 11 is 1.83. The maximum atomic E-state index is 11.1. The number of thioether (sulfide) groups is 1. The van der Waals surface area contributed by atoms with Crippen LogP contribution in [0.25, 0.3) is 0 Å². The lowest BCUT2D eigenvalue weighted by molar-refractivity contribution is -0.139. The first-order chi connectivity index (χ1) is 6.57. The van der Waals surface area contributed by atoms with Crippen LogP contribution >= 0.6 is 11.8 Å². The summed E-state index contributed by atoms with van der Waals surface area (Å²) in [7, 11) is 0. The van der Waals surface area contributed by atoms with Crippen molar-refractivity contribution in [3.63, 3.8) is 0 Å². The van der Waals surface area contributed by atoms with Gasteiger partial charge in [-0.2, -0.15) is 11.8 Å². The Morgan fingerprint density at radius 1 is 1.50 bits per heavy atom. The van der Waals surface area contributed by atoms with Crippen molar-refractivity contribution < 1.29 is 9.59 Å². The van der Waals surface area contributed by atoms with Crippen LogP contribution in [-0.2, 0) is 9.59 Å². The molecule has 0 spiro atoms. The van der Waals surface area contributed by atoms with Crippen molar-refractivity contribution in [2.45, 2.75) is 24.5 Å². The van der Waals surface area contributed by atoms with E-state index in [1.54, 1.807) is 5.43 Å². The van der Waals surface area contributed by atoms with E-state index in [-0.39, 0.29) is 4.75 Å². The normalized spacial score (nSPS) is 25.9. The fourth-order valence-corrected chi connectivity index (χ4v) is 2.63. The van der Waals surface area contributed by atoms with Gasteiger partial charge in [-0.15, -0.1) is 0 Å². The second-order valence-corrected chi connectivity index (χ2v) is 5.24. The highest BCUT2D eigenvalue weighted by Gasteiger charge is 2.30. The van der Waals surface area contributed by atoms with E-state index < -0.39 is 11.8 Å². The Labute approximate surface area is 87.1 Å². The quantitative estimate of drug-likeness (QED) is 0.249.